The third-order valence-electron chi connectivity index (χ3n) is 1.90. The largest absolute Gasteiger partial charge is 0.496 e. The minimum Gasteiger partial charge on any atom is -0.496 e. The maximum atomic E-state index is 11.4. The van der Waals surface area contributed by atoms with E-state index in [2.05, 4.69) is 12.6 Å². The molecule has 0 amide bonds. The van der Waals surface area contributed by atoms with Crippen LogP contribution in [-0.2, 0) is 9.84 Å². The molecule has 0 saturated heterocycles. The monoisotopic (exact) mass is 232 g/mol. The van der Waals surface area contributed by atoms with Crippen molar-refractivity contribution in [2.45, 2.75) is 11.8 Å². The predicted molar refractivity (Wildman–Crippen MR) is 58.8 cm³/mol. The van der Waals surface area contributed by atoms with E-state index in [1.54, 1.807) is 26.2 Å². The molecule has 0 atom stereocenters. The number of hydrogen-bond acceptors (Lipinski definition) is 4. The first-order valence-corrected chi connectivity index (χ1v) is 6.28. The topological polar surface area (TPSA) is 43.4 Å². The zero-order valence-corrected chi connectivity index (χ0v) is 9.73. The van der Waals surface area contributed by atoms with E-state index in [4.69, 9.17) is 4.74 Å². The summed E-state index contributed by atoms with van der Waals surface area (Å²) >= 11 is 3.78. The second kappa shape index (κ2) is 4.23. The Morgan fingerprint density at radius 2 is 2.07 bits per heavy atom. The van der Waals surface area contributed by atoms with Gasteiger partial charge in [0.05, 0.1) is 17.1 Å². The van der Waals surface area contributed by atoms with E-state index in [0.717, 1.165) is 5.56 Å². The fraction of sp³-hybridized carbons (Fsp3) is 0.333. The predicted octanol–water partition coefficient (Wildman–Crippen LogP) is 1.66. The second-order valence-electron chi connectivity index (χ2n) is 2.88. The van der Waals surface area contributed by atoms with Crippen LogP contribution in [0.2, 0.25) is 0 Å². The summed E-state index contributed by atoms with van der Waals surface area (Å²) in [5, 5.41) is -0.182. The summed E-state index contributed by atoms with van der Waals surface area (Å²) < 4.78 is 27.9. The van der Waals surface area contributed by atoms with Crippen LogP contribution >= 0.6 is 12.6 Å². The van der Waals surface area contributed by atoms with E-state index in [0.29, 0.717) is 5.75 Å². The number of methoxy groups -OCH3 is 1. The average Bonchev–Trinajstić information content (AvgIpc) is 2.17. The van der Waals surface area contributed by atoms with Gasteiger partial charge in [0.15, 0.2) is 9.84 Å². The summed E-state index contributed by atoms with van der Waals surface area (Å²) in [5.41, 5.74) is 0.801. The van der Waals surface area contributed by atoms with Crippen molar-refractivity contribution in [1.82, 2.24) is 0 Å². The molecule has 0 aliphatic carbocycles. The number of thiol groups is 1. The van der Waals surface area contributed by atoms with Gasteiger partial charge in [0.2, 0.25) is 0 Å². The summed E-state index contributed by atoms with van der Waals surface area (Å²) in [4.78, 5) is 0.283. The van der Waals surface area contributed by atoms with E-state index in [1.807, 2.05) is 0 Å². The van der Waals surface area contributed by atoms with Gasteiger partial charge in [0.1, 0.15) is 5.75 Å². The van der Waals surface area contributed by atoms with E-state index in [1.165, 1.54) is 6.07 Å². The molecular formula is C9H12O3S2. The first kappa shape index (κ1) is 11.4. The number of aryl methyl sites for hydroxylation is 1. The van der Waals surface area contributed by atoms with Gasteiger partial charge in [0, 0.05) is 0 Å². The van der Waals surface area contributed by atoms with Gasteiger partial charge in [-0.05, 0) is 30.7 Å². The van der Waals surface area contributed by atoms with Crippen molar-refractivity contribution in [1.29, 1.82) is 0 Å². The quantitative estimate of drug-likeness (QED) is 0.806. The first-order valence-electron chi connectivity index (χ1n) is 3.99. The zero-order valence-electron chi connectivity index (χ0n) is 8.02. The lowest BCUT2D eigenvalue weighted by Crippen LogP contribution is -2.02. The minimum absolute atomic E-state index is 0.182. The molecule has 0 aromatic heterocycles. The smallest absolute Gasteiger partial charge is 0.187 e. The van der Waals surface area contributed by atoms with Crippen molar-refractivity contribution in [2.24, 2.45) is 0 Å². The van der Waals surface area contributed by atoms with Gasteiger partial charge in [-0.1, -0.05) is 0 Å². The molecule has 1 rings (SSSR count). The number of rotatable bonds is 3. The summed E-state index contributed by atoms with van der Waals surface area (Å²) in [6.07, 6.45) is 0. The molecule has 0 bridgehead atoms. The van der Waals surface area contributed by atoms with E-state index >= 15 is 0 Å². The first-order chi connectivity index (χ1) is 6.51. The molecule has 0 N–H and O–H groups in total. The Labute approximate surface area is 89.4 Å². The normalized spacial score (nSPS) is 11.4. The van der Waals surface area contributed by atoms with Crippen LogP contribution in [-0.4, -0.2) is 20.6 Å². The number of ether oxygens (including phenoxy) is 1. The van der Waals surface area contributed by atoms with Crippen LogP contribution in [0, 0.1) is 6.92 Å². The third kappa shape index (κ3) is 2.22. The van der Waals surface area contributed by atoms with Crippen molar-refractivity contribution in [3.8, 4) is 5.75 Å². The van der Waals surface area contributed by atoms with Crippen LogP contribution in [0.3, 0.4) is 0 Å². The highest BCUT2D eigenvalue weighted by atomic mass is 32.2. The van der Waals surface area contributed by atoms with Gasteiger partial charge in [-0.3, -0.25) is 0 Å². The molecule has 1 aromatic rings. The Hall–Kier alpha value is -0.680. The van der Waals surface area contributed by atoms with Crippen molar-refractivity contribution < 1.29 is 13.2 Å². The summed E-state index contributed by atoms with van der Waals surface area (Å²) in [5.74, 6) is 0.683. The fourth-order valence-corrected chi connectivity index (χ4v) is 2.35. The average molecular weight is 232 g/mol. The summed E-state index contributed by atoms with van der Waals surface area (Å²) in [6, 6.07) is 4.76. The molecule has 0 aliphatic rings. The summed E-state index contributed by atoms with van der Waals surface area (Å²) in [7, 11) is -1.69. The maximum absolute atomic E-state index is 11.4. The molecule has 14 heavy (non-hydrogen) atoms. The molecule has 5 heteroatoms. The second-order valence-corrected chi connectivity index (χ2v) is 5.61. The SMILES string of the molecule is COc1ccc(S(=O)(=O)CS)cc1C. The Bertz CT molecular complexity index is 424. The minimum atomic E-state index is -3.24. The number of hydrogen-bond donors (Lipinski definition) is 1. The van der Waals surface area contributed by atoms with Crippen molar-refractivity contribution in [2.75, 3.05) is 12.2 Å². The molecule has 78 valence electrons. The lowest BCUT2D eigenvalue weighted by atomic mass is 10.2. The van der Waals surface area contributed by atoms with Crippen molar-refractivity contribution in [3.05, 3.63) is 23.8 Å². The fourth-order valence-electron chi connectivity index (χ4n) is 1.12. The summed E-state index contributed by atoms with van der Waals surface area (Å²) in [6.45, 7) is 1.80. The molecular weight excluding hydrogens is 220 g/mol. The van der Waals surface area contributed by atoms with E-state index < -0.39 is 9.84 Å². The van der Waals surface area contributed by atoms with Crippen LogP contribution < -0.4 is 4.74 Å². The highest BCUT2D eigenvalue weighted by molar-refractivity contribution is 8.03. The molecule has 0 saturated carbocycles. The Morgan fingerprint density at radius 1 is 1.43 bits per heavy atom. The number of sulfone groups is 1. The molecule has 3 nitrogen and oxygen atoms in total. The molecule has 0 radical (unpaired) electrons. The van der Waals surface area contributed by atoms with Gasteiger partial charge < -0.3 is 4.74 Å². The van der Waals surface area contributed by atoms with Crippen LogP contribution in [0.4, 0.5) is 0 Å². The lowest BCUT2D eigenvalue weighted by molar-refractivity contribution is 0.411. The molecule has 0 unspecified atom stereocenters. The van der Waals surface area contributed by atoms with Crippen LogP contribution in [0.5, 0.6) is 5.75 Å². The van der Waals surface area contributed by atoms with E-state index in [-0.39, 0.29) is 9.98 Å². The zero-order chi connectivity index (χ0) is 10.8. The van der Waals surface area contributed by atoms with Gasteiger partial charge in [-0.25, -0.2) is 8.42 Å². The van der Waals surface area contributed by atoms with Crippen LogP contribution in [0.15, 0.2) is 23.1 Å². The van der Waals surface area contributed by atoms with Crippen LogP contribution in [0.25, 0.3) is 0 Å². The Balaban J connectivity index is 3.22. The third-order valence-corrected chi connectivity index (χ3v) is 4.23. The number of benzene rings is 1. The van der Waals surface area contributed by atoms with E-state index in [9.17, 15) is 8.42 Å². The van der Waals surface area contributed by atoms with Gasteiger partial charge in [-0.15, -0.1) is 0 Å². The highest BCUT2D eigenvalue weighted by Gasteiger charge is 2.12. The van der Waals surface area contributed by atoms with Gasteiger partial charge in [-0.2, -0.15) is 12.6 Å². The lowest BCUT2D eigenvalue weighted by Gasteiger charge is -2.06. The Kier molecular flexibility index (Phi) is 3.44. The molecule has 0 fully saturated rings. The highest BCUT2D eigenvalue weighted by Crippen LogP contribution is 2.22. The maximum Gasteiger partial charge on any atom is 0.187 e. The van der Waals surface area contributed by atoms with Gasteiger partial charge in [0.25, 0.3) is 0 Å². The molecule has 1 aromatic carbocycles. The molecule has 0 heterocycles. The van der Waals surface area contributed by atoms with Crippen molar-refractivity contribution >= 4 is 22.5 Å². The standard InChI is InChI=1S/C9H12O3S2/c1-7-5-8(14(10,11)6-13)3-4-9(7)12-2/h3-5,13H,6H2,1-2H3. The molecule has 0 aliphatic heterocycles. The van der Waals surface area contributed by atoms with Gasteiger partial charge >= 0.3 is 0 Å². The van der Waals surface area contributed by atoms with Crippen molar-refractivity contribution in [3.63, 3.8) is 0 Å². The molecule has 0 spiro atoms. The van der Waals surface area contributed by atoms with Crippen LogP contribution in [0.1, 0.15) is 5.56 Å². The Morgan fingerprint density at radius 3 is 2.50 bits per heavy atom.